The predicted octanol–water partition coefficient (Wildman–Crippen LogP) is 4.23. The van der Waals surface area contributed by atoms with Gasteiger partial charge in [0.15, 0.2) is 17.3 Å². The summed E-state index contributed by atoms with van der Waals surface area (Å²) in [5, 5.41) is 0.446. The van der Waals surface area contributed by atoms with Crippen LogP contribution in [0.15, 0.2) is 48.5 Å². The molecule has 0 radical (unpaired) electrons. The summed E-state index contributed by atoms with van der Waals surface area (Å²) in [5.41, 5.74) is 8.75. The third kappa shape index (κ3) is 4.06. The molecule has 2 heterocycles. The lowest BCUT2D eigenvalue weighted by Gasteiger charge is -2.16. The van der Waals surface area contributed by atoms with Gasteiger partial charge in [-0.1, -0.05) is 30.3 Å². The first-order valence-corrected chi connectivity index (χ1v) is 10.5. The Morgan fingerprint density at radius 2 is 1.77 bits per heavy atom. The van der Waals surface area contributed by atoms with Crippen molar-refractivity contribution in [1.29, 1.82) is 0 Å². The van der Waals surface area contributed by atoms with Crippen molar-refractivity contribution in [2.45, 2.75) is 19.7 Å². The number of hydrogen-bond acceptors (Lipinski definition) is 7. The van der Waals surface area contributed by atoms with Crippen LogP contribution in [0.25, 0.3) is 0 Å². The van der Waals surface area contributed by atoms with Crippen LogP contribution in [-0.4, -0.2) is 31.0 Å². The minimum Gasteiger partial charge on any atom is -0.493 e. The topological polar surface area (TPSA) is 91.1 Å². The van der Waals surface area contributed by atoms with Gasteiger partial charge < -0.3 is 19.9 Å². The third-order valence-electron chi connectivity index (χ3n) is 5.14. The number of benzene rings is 2. The highest BCUT2D eigenvalue weighted by Gasteiger charge is 2.33. The molecule has 2 N–H and O–H groups in total. The van der Waals surface area contributed by atoms with Crippen LogP contribution < -0.4 is 15.2 Å². The van der Waals surface area contributed by atoms with Crippen LogP contribution in [0.3, 0.4) is 0 Å². The normalized spacial score (nSPS) is 12.4. The first-order chi connectivity index (χ1) is 15.0. The van der Waals surface area contributed by atoms with E-state index in [1.54, 1.807) is 23.1 Å². The van der Waals surface area contributed by atoms with Crippen LogP contribution >= 0.6 is 11.3 Å². The van der Waals surface area contributed by atoms with Crippen LogP contribution in [0.4, 0.5) is 9.80 Å². The number of nitrogens with zero attached hydrogens (tertiary/aromatic N) is 1. The van der Waals surface area contributed by atoms with Crippen molar-refractivity contribution in [3.8, 4) is 11.5 Å². The number of anilines is 1. The van der Waals surface area contributed by atoms with Gasteiger partial charge in [-0.3, -0.25) is 9.69 Å². The lowest BCUT2D eigenvalue weighted by atomic mass is 10.0. The van der Waals surface area contributed by atoms with Crippen molar-refractivity contribution >= 4 is 28.2 Å². The van der Waals surface area contributed by atoms with Gasteiger partial charge in [-0.15, -0.1) is 11.3 Å². The molecule has 7 nitrogen and oxygen atoms in total. The zero-order chi connectivity index (χ0) is 22.0. The molecule has 0 unspecified atom stereocenters. The Labute approximate surface area is 183 Å². The maximum absolute atomic E-state index is 13.2. The van der Waals surface area contributed by atoms with E-state index in [0.29, 0.717) is 34.2 Å². The van der Waals surface area contributed by atoms with Crippen molar-refractivity contribution in [3.05, 3.63) is 75.7 Å². The molecule has 31 heavy (non-hydrogen) atoms. The maximum atomic E-state index is 13.2. The Bertz CT molecular complexity index is 1130. The van der Waals surface area contributed by atoms with Crippen LogP contribution in [0, 0.1) is 0 Å². The van der Waals surface area contributed by atoms with Crippen molar-refractivity contribution in [1.82, 2.24) is 4.90 Å². The second-order valence-corrected chi connectivity index (χ2v) is 8.17. The van der Waals surface area contributed by atoms with Crippen LogP contribution in [0.1, 0.15) is 31.9 Å². The zero-order valence-corrected chi connectivity index (χ0v) is 18.0. The van der Waals surface area contributed by atoms with Crippen LogP contribution in [0.5, 0.6) is 11.5 Å². The van der Waals surface area contributed by atoms with Gasteiger partial charge in [-0.25, -0.2) is 4.79 Å². The molecule has 3 aromatic rings. The summed E-state index contributed by atoms with van der Waals surface area (Å²) in [6.45, 7) is 0.853. The molecule has 1 amide bonds. The number of carbonyl (C=O) groups is 2. The van der Waals surface area contributed by atoms with E-state index in [0.717, 1.165) is 16.0 Å². The zero-order valence-electron chi connectivity index (χ0n) is 17.2. The molecule has 0 bridgehead atoms. The number of fused-ring (bicyclic) bond motifs is 1. The summed E-state index contributed by atoms with van der Waals surface area (Å²) in [6.07, 6.45) is -0.421. The van der Waals surface area contributed by atoms with Crippen LogP contribution in [0.2, 0.25) is 0 Å². The quantitative estimate of drug-likeness (QED) is 0.579. The van der Waals surface area contributed by atoms with E-state index in [4.69, 9.17) is 19.9 Å². The van der Waals surface area contributed by atoms with E-state index in [1.807, 2.05) is 30.3 Å². The second-order valence-electron chi connectivity index (χ2n) is 7.04. The first kappa shape index (κ1) is 20.7. The Kier molecular flexibility index (Phi) is 5.81. The Balaban J connectivity index is 1.51. The van der Waals surface area contributed by atoms with Crippen LogP contribution in [-0.2, 0) is 24.4 Å². The van der Waals surface area contributed by atoms with E-state index in [2.05, 4.69) is 0 Å². The van der Waals surface area contributed by atoms with Gasteiger partial charge in [-0.05, 0) is 23.8 Å². The smallest absolute Gasteiger partial charge is 0.410 e. The number of amides is 1. The van der Waals surface area contributed by atoms with E-state index in [1.165, 1.54) is 25.6 Å². The Hall–Kier alpha value is -3.52. The molecule has 0 saturated heterocycles. The van der Waals surface area contributed by atoms with Crippen molar-refractivity contribution < 1.29 is 23.8 Å². The lowest BCUT2D eigenvalue weighted by Crippen LogP contribution is -2.26. The number of carbonyl (C=O) groups excluding carboxylic acids is 2. The van der Waals surface area contributed by atoms with Crippen molar-refractivity contribution in [2.24, 2.45) is 0 Å². The van der Waals surface area contributed by atoms with Gasteiger partial charge in [0.05, 0.1) is 37.9 Å². The van der Waals surface area contributed by atoms with Crippen molar-refractivity contribution in [3.63, 3.8) is 0 Å². The van der Waals surface area contributed by atoms with Gasteiger partial charge in [0, 0.05) is 16.0 Å². The molecule has 2 aromatic carbocycles. The highest BCUT2D eigenvalue weighted by atomic mass is 32.1. The first-order valence-electron chi connectivity index (χ1n) is 9.64. The summed E-state index contributed by atoms with van der Waals surface area (Å²) in [5.74, 6) is 0.787. The number of nitrogen functional groups attached to an aromatic ring is 1. The van der Waals surface area contributed by atoms with E-state index in [9.17, 15) is 9.59 Å². The lowest BCUT2D eigenvalue weighted by molar-refractivity contribution is 0.0950. The Morgan fingerprint density at radius 1 is 1.03 bits per heavy atom. The van der Waals surface area contributed by atoms with E-state index in [-0.39, 0.29) is 18.9 Å². The molecule has 1 aromatic heterocycles. The minimum atomic E-state index is -0.421. The number of rotatable bonds is 6. The molecule has 0 aliphatic carbocycles. The molecule has 0 spiro atoms. The third-order valence-corrected chi connectivity index (χ3v) is 6.18. The molecule has 1 aliphatic rings. The number of ether oxygens (including phenoxy) is 3. The second kappa shape index (κ2) is 8.69. The van der Waals surface area contributed by atoms with Gasteiger partial charge in [0.2, 0.25) is 0 Å². The maximum Gasteiger partial charge on any atom is 0.410 e. The summed E-state index contributed by atoms with van der Waals surface area (Å²) in [6, 6.07) is 14.5. The van der Waals surface area contributed by atoms with Gasteiger partial charge >= 0.3 is 6.09 Å². The standard InChI is InChI=1S/C23H22N2O5S/c1-28-17-9-8-15(10-18(17)29-2)21(26)20-16-11-25(12-19(16)31-22(20)24)23(27)30-13-14-6-4-3-5-7-14/h3-10H,11-13,24H2,1-2H3. The average Bonchev–Trinajstić information content (AvgIpc) is 3.33. The molecule has 0 fully saturated rings. The summed E-state index contributed by atoms with van der Waals surface area (Å²) in [7, 11) is 3.05. The number of ketones is 1. The number of methoxy groups -OCH3 is 2. The highest BCUT2D eigenvalue weighted by molar-refractivity contribution is 7.16. The highest BCUT2D eigenvalue weighted by Crippen LogP contribution is 2.39. The molecule has 0 atom stereocenters. The molecule has 4 rings (SSSR count). The van der Waals surface area contributed by atoms with Crippen molar-refractivity contribution in [2.75, 3.05) is 20.0 Å². The fourth-order valence-electron chi connectivity index (χ4n) is 3.56. The molecular weight excluding hydrogens is 416 g/mol. The summed E-state index contributed by atoms with van der Waals surface area (Å²) < 4.78 is 16.0. The fraction of sp³-hybridized carbons (Fsp3) is 0.217. The number of nitrogens with two attached hydrogens (primary N) is 1. The Morgan fingerprint density at radius 3 is 2.48 bits per heavy atom. The molecule has 1 aliphatic heterocycles. The minimum absolute atomic E-state index is 0.198. The molecule has 160 valence electrons. The number of hydrogen-bond donors (Lipinski definition) is 1. The van der Waals surface area contributed by atoms with Gasteiger partial charge in [0.1, 0.15) is 6.61 Å². The summed E-state index contributed by atoms with van der Waals surface area (Å²) >= 11 is 1.33. The van der Waals surface area contributed by atoms with Gasteiger partial charge in [-0.2, -0.15) is 0 Å². The average molecular weight is 439 g/mol. The fourth-order valence-corrected chi connectivity index (χ4v) is 4.65. The largest absolute Gasteiger partial charge is 0.493 e. The summed E-state index contributed by atoms with van der Waals surface area (Å²) in [4.78, 5) is 28.3. The monoisotopic (exact) mass is 438 g/mol. The molecular formula is C23H22N2O5S. The van der Waals surface area contributed by atoms with Gasteiger partial charge in [0.25, 0.3) is 0 Å². The van der Waals surface area contributed by atoms with E-state index < -0.39 is 6.09 Å². The number of thiophene rings is 1. The predicted molar refractivity (Wildman–Crippen MR) is 118 cm³/mol. The van der Waals surface area contributed by atoms with E-state index >= 15 is 0 Å². The SMILES string of the molecule is COc1ccc(C(=O)c2c(N)sc3c2CN(C(=O)OCc2ccccc2)C3)cc1OC. The molecule has 0 saturated carbocycles. The molecule has 8 heteroatoms.